The molecule has 0 saturated carbocycles. The maximum atomic E-state index is 13.0. The second-order valence-electron chi connectivity index (χ2n) is 8.06. The van der Waals surface area contributed by atoms with Crippen LogP contribution in [-0.4, -0.2) is 64.3 Å². The first kappa shape index (κ1) is 23.0. The molecule has 1 aliphatic heterocycles. The molecule has 4 aromatic rings. The summed E-state index contributed by atoms with van der Waals surface area (Å²) in [6, 6.07) is 7.28. The summed E-state index contributed by atoms with van der Waals surface area (Å²) in [4.78, 5) is 36.9. The van der Waals surface area contributed by atoms with Gasteiger partial charge in [0.05, 0.1) is 28.6 Å². The van der Waals surface area contributed by atoms with Crippen LogP contribution in [0, 0.1) is 0 Å². The Bertz CT molecular complexity index is 1420. The molecule has 0 radical (unpaired) electrons. The SMILES string of the molecule is Cn1c(=O)n(-c2nc(C(=O)Nc3cnccc3N3CCNCC3)cs2)c2ccc(OCCN)cc21. The van der Waals surface area contributed by atoms with Crippen molar-refractivity contribution >= 4 is 39.7 Å². The maximum Gasteiger partial charge on any atom is 0.335 e. The Hall–Kier alpha value is -3.74. The summed E-state index contributed by atoms with van der Waals surface area (Å²) in [7, 11) is 1.69. The van der Waals surface area contributed by atoms with Crippen molar-refractivity contribution in [1.29, 1.82) is 0 Å². The molecule has 1 amide bonds. The zero-order chi connectivity index (χ0) is 24.4. The van der Waals surface area contributed by atoms with Crippen LogP contribution in [0.2, 0.25) is 0 Å². The molecule has 3 aromatic heterocycles. The van der Waals surface area contributed by atoms with Crippen LogP contribution in [0.5, 0.6) is 5.75 Å². The van der Waals surface area contributed by atoms with Crippen molar-refractivity contribution in [3.05, 3.63) is 58.2 Å². The van der Waals surface area contributed by atoms with E-state index in [1.54, 1.807) is 43.0 Å². The zero-order valence-corrected chi connectivity index (χ0v) is 20.0. The third kappa shape index (κ3) is 4.50. The molecule has 11 nitrogen and oxygen atoms in total. The van der Waals surface area contributed by atoms with E-state index in [0.29, 0.717) is 40.8 Å². The molecule has 35 heavy (non-hydrogen) atoms. The zero-order valence-electron chi connectivity index (χ0n) is 19.2. The third-order valence-electron chi connectivity index (χ3n) is 5.83. The van der Waals surface area contributed by atoms with Gasteiger partial charge in [-0.15, -0.1) is 11.3 Å². The number of thiazole rings is 1. The van der Waals surface area contributed by atoms with E-state index < -0.39 is 0 Å². The summed E-state index contributed by atoms with van der Waals surface area (Å²) in [6.45, 7) is 4.24. The molecule has 1 saturated heterocycles. The van der Waals surface area contributed by atoms with E-state index in [2.05, 4.69) is 25.5 Å². The summed E-state index contributed by atoms with van der Waals surface area (Å²) in [6.07, 6.45) is 3.36. The average molecular weight is 495 g/mol. The number of imidazole rings is 1. The van der Waals surface area contributed by atoms with Gasteiger partial charge in [-0.05, 0) is 18.2 Å². The fourth-order valence-corrected chi connectivity index (χ4v) is 4.90. The van der Waals surface area contributed by atoms with Gasteiger partial charge in [-0.2, -0.15) is 0 Å². The largest absolute Gasteiger partial charge is 0.492 e. The number of aryl methyl sites for hydroxylation is 1. The van der Waals surface area contributed by atoms with Gasteiger partial charge in [0.25, 0.3) is 5.91 Å². The lowest BCUT2D eigenvalue weighted by Gasteiger charge is -2.30. The van der Waals surface area contributed by atoms with E-state index in [4.69, 9.17) is 10.5 Å². The van der Waals surface area contributed by atoms with Crippen molar-refractivity contribution < 1.29 is 9.53 Å². The number of aromatic nitrogens is 4. The molecule has 5 rings (SSSR count). The highest BCUT2D eigenvalue weighted by Gasteiger charge is 2.20. The Morgan fingerprint density at radius 1 is 1.26 bits per heavy atom. The monoisotopic (exact) mass is 494 g/mol. The van der Waals surface area contributed by atoms with Crippen molar-refractivity contribution in [3.8, 4) is 10.9 Å². The Balaban J connectivity index is 1.42. The van der Waals surface area contributed by atoms with Crippen LogP contribution < -0.4 is 31.7 Å². The van der Waals surface area contributed by atoms with Gasteiger partial charge in [-0.1, -0.05) is 0 Å². The van der Waals surface area contributed by atoms with E-state index >= 15 is 0 Å². The smallest absolute Gasteiger partial charge is 0.335 e. The van der Waals surface area contributed by atoms with Crippen LogP contribution in [0.1, 0.15) is 10.5 Å². The van der Waals surface area contributed by atoms with E-state index in [-0.39, 0.29) is 17.3 Å². The second-order valence-corrected chi connectivity index (χ2v) is 8.90. The van der Waals surface area contributed by atoms with Crippen LogP contribution in [0.3, 0.4) is 0 Å². The van der Waals surface area contributed by atoms with Gasteiger partial charge in [0, 0.05) is 57.4 Å². The number of amides is 1. The number of anilines is 2. The molecule has 1 aromatic carbocycles. The predicted molar refractivity (Wildman–Crippen MR) is 136 cm³/mol. The first-order valence-electron chi connectivity index (χ1n) is 11.3. The van der Waals surface area contributed by atoms with E-state index in [9.17, 15) is 9.59 Å². The molecule has 0 aliphatic carbocycles. The van der Waals surface area contributed by atoms with Gasteiger partial charge >= 0.3 is 5.69 Å². The number of piperazine rings is 1. The number of nitrogens with zero attached hydrogens (tertiary/aromatic N) is 5. The van der Waals surface area contributed by atoms with Crippen molar-refractivity contribution in [2.75, 3.05) is 49.5 Å². The fourth-order valence-electron chi connectivity index (χ4n) is 4.09. The molecule has 1 fully saturated rings. The number of carbonyl (C=O) groups is 1. The average Bonchev–Trinajstić information content (AvgIpc) is 3.47. The second kappa shape index (κ2) is 9.86. The number of benzene rings is 1. The number of nitrogens with one attached hydrogen (secondary N) is 2. The van der Waals surface area contributed by atoms with Crippen molar-refractivity contribution in [2.24, 2.45) is 12.8 Å². The van der Waals surface area contributed by atoms with Gasteiger partial charge < -0.3 is 26.0 Å². The molecular weight excluding hydrogens is 468 g/mol. The van der Waals surface area contributed by atoms with Gasteiger partial charge in [-0.3, -0.25) is 14.3 Å². The fraction of sp³-hybridized carbons (Fsp3) is 0.304. The topological polar surface area (TPSA) is 132 Å². The molecule has 12 heteroatoms. The number of rotatable bonds is 7. The molecule has 0 spiro atoms. The number of ether oxygens (including phenoxy) is 1. The summed E-state index contributed by atoms with van der Waals surface area (Å²) < 4.78 is 8.62. The molecule has 0 bridgehead atoms. The Kier molecular flexibility index (Phi) is 6.49. The highest BCUT2D eigenvalue weighted by atomic mass is 32.1. The van der Waals surface area contributed by atoms with E-state index in [1.807, 2.05) is 6.07 Å². The lowest BCUT2D eigenvalue weighted by atomic mass is 10.2. The normalized spacial score (nSPS) is 13.8. The predicted octanol–water partition coefficient (Wildman–Crippen LogP) is 1.18. The first-order valence-corrected chi connectivity index (χ1v) is 12.2. The quantitative estimate of drug-likeness (QED) is 0.349. The Morgan fingerprint density at radius 3 is 2.89 bits per heavy atom. The molecule has 4 N–H and O–H groups in total. The lowest BCUT2D eigenvalue weighted by molar-refractivity contribution is 0.102. The molecule has 0 atom stereocenters. The van der Waals surface area contributed by atoms with Crippen molar-refractivity contribution in [1.82, 2.24) is 24.4 Å². The molecule has 4 heterocycles. The van der Waals surface area contributed by atoms with Gasteiger partial charge in [-0.25, -0.2) is 14.3 Å². The minimum atomic E-state index is -0.359. The van der Waals surface area contributed by atoms with Crippen LogP contribution >= 0.6 is 11.3 Å². The van der Waals surface area contributed by atoms with Crippen molar-refractivity contribution in [2.45, 2.75) is 0 Å². The maximum absolute atomic E-state index is 13.0. The minimum Gasteiger partial charge on any atom is -0.492 e. The number of hydrogen-bond acceptors (Lipinski definition) is 9. The van der Waals surface area contributed by atoms with Gasteiger partial charge in [0.2, 0.25) is 0 Å². The Labute approximate surface area is 205 Å². The van der Waals surface area contributed by atoms with E-state index in [1.165, 1.54) is 20.5 Å². The van der Waals surface area contributed by atoms with Gasteiger partial charge in [0.15, 0.2) is 5.13 Å². The van der Waals surface area contributed by atoms with Crippen LogP contribution in [-0.2, 0) is 7.05 Å². The number of carbonyl (C=O) groups excluding carboxylic acids is 1. The standard InChI is InChI=1S/C23H26N8O3S/c1-29-20-12-15(34-11-5-24)2-3-19(20)31(23(29)33)22-28-17(14-35-22)21(32)27-16-13-26-6-4-18(16)30-9-7-25-8-10-30/h2-4,6,12-14,25H,5,7-11,24H2,1H3,(H,27,32). The highest BCUT2D eigenvalue weighted by Crippen LogP contribution is 2.27. The van der Waals surface area contributed by atoms with Gasteiger partial charge in [0.1, 0.15) is 18.1 Å². The number of hydrogen-bond donors (Lipinski definition) is 3. The number of fused-ring (bicyclic) bond motifs is 1. The van der Waals surface area contributed by atoms with Crippen LogP contribution in [0.4, 0.5) is 11.4 Å². The van der Waals surface area contributed by atoms with Crippen molar-refractivity contribution in [3.63, 3.8) is 0 Å². The van der Waals surface area contributed by atoms with E-state index in [0.717, 1.165) is 31.9 Å². The number of pyridine rings is 1. The summed E-state index contributed by atoms with van der Waals surface area (Å²) >= 11 is 1.23. The highest BCUT2D eigenvalue weighted by molar-refractivity contribution is 7.12. The molecule has 0 unspecified atom stereocenters. The van der Waals surface area contributed by atoms with Crippen LogP contribution in [0.25, 0.3) is 16.2 Å². The molecular formula is C23H26N8O3S. The lowest BCUT2D eigenvalue weighted by Crippen LogP contribution is -2.43. The molecule has 182 valence electrons. The Morgan fingerprint density at radius 2 is 2.09 bits per heavy atom. The first-order chi connectivity index (χ1) is 17.1. The molecule has 1 aliphatic rings. The summed E-state index contributed by atoms with van der Waals surface area (Å²) in [5.41, 5.74) is 8.40. The summed E-state index contributed by atoms with van der Waals surface area (Å²) in [5.74, 6) is 0.273. The number of nitrogens with two attached hydrogens (primary N) is 1. The van der Waals surface area contributed by atoms with Crippen LogP contribution in [0.15, 0.2) is 46.8 Å². The third-order valence-corrected chi connectivity index (χ3v) is 6.66. The minimum absolute atomic E-state index is 0.229. The summed E-state index contributed by atoms with van der Waals surface area (Å²) in [5, 5.41) is 8.32.